The number of benzene rings is 9. The van der Waals surface area contributed by atoms with Crippen LogP contribution in [0.1, 0.15) is 22.3 Å². The Hall–Kier alpha value is -7.16. The lowest BCUT2D eigenvalue weighted by Crippen LogP contribution is -2.28. The maximum absolute atomic E-state index is 6.82. The first-order valence-corrected chi connectivity index (χ1v) is 19.0. The zero-order valence-electron chi connectivity index (χ0n) is 29.9. The predicted molar refractivity (Wildman–Crippen MR) is 228 cm³/mol. The van der Waals surface area contributed by atoms with E-state index < -0.39 is 5.41 Å². The summed E-state index contributed by atoms with van der Waals surface area (Å²) in [6.07, 6.45) is 0. The molecule has 2 heteroatoms. The SMILES string of the molecule is c1ccc(C2(c3ccccc3)c3ccccc3-c3cc4c(cc32)oc2cccc(-c3ccc(-n5c6ccccc6c6ccc7ccccc7c65)cc3)c24)cc1. The molecule has 0 amide bonds. The van der Waals surface area contributed by atoms with Crippen LogP contribution in [0.15, 0.2) is 205 Å². The number of rotatable bonds is 4. The summed E-state index contributed by atoms with van der Waals surface area (Å²) < 4.78 is 9.25. The highest BCUT2D eigenvalue weighted by molar-refractivity contribution is 6.19. The van der Waals surface area contributed by atoms with Gasteiger partial charge in [-0.3, -0.25) is 0 Å². The van der Waals surface area contributed by atoms with Gasteiger partial charge in [0.2, 0.25) is 0 Å². The zero-order chi connectivity index (χ0) is 36.1. The Morgan fingerprint density at radius 3 is 1.87 bits per heavy atom. The van der Waals surface area contributed by atoms with Gasteiger partial charge >= 0.3 is 0 Å². The molecule has 0 bridgehead atoms. The fourth-order valence-corrected chi connectivity index (χ4v) is 9.79. The highest BCUT2D eigenvalue weighted by Crippen LogP contribution is 2.57. The number of aromatic nitrogens is 1. The van der Waals surface area contributed by atoms with E-state index in [-0.39, 0.29) is 0 Å². The van der Waals surface area contributed by atoms with Crippen molar-refractivity contribution in [2.24, 2.45) is 0 Å². The Labute approximate surface area is 318 Å². The normalized spacial score (nSPS) is 13.2. The molecule has 55 heavy (non-hydrogen) atoms. The molecular formula is C53H33NO. The Morgan fingerprint density at radius 1 is 0.400 bits per heavy atom. The van der Waals surface area contributed by atoms with Crippen molar-refractivity contribution in [3.05, 3.63) is 222 Å². The maximum Gasteiger partial charge on any atom is 0.136 e. The first kappa shape index (κ1) is 30.3. The van der Waals surface area contributed by atoms with E-state index in [0.717, 1.165) is 33.2 Å². The van der Waals surface area contributed by atoms with Gasteiger partial charge in [0, 0.05) is 32.6 Å². The van der Waals surface area contributed by atoms with Gasteiger partial charge in [-0.25, -0.2) is 0 Å². The van der Waals surface area contributed by atoms with Gasteiger partial charge in [-0.1, -0.05) is 164 Å². The molecule has 0 saturated heterocycles. The van der Waals surface area contributed by atoms with Crippen LogP contribution < -0.4 is 0 Å². The summed E-state index contributed by atoms with van der Waals surface area (Å²) in [6, 6.07) is 73.0. The molecule has 1 aliphatic rings. The van der Waals surface area contributed by atoms with Gasteiger partial charge < -0.3 is 8.98 Å². The standard InChI is InChI=1S/C53H33NO/c1-3-15-36(16-4-1)53(37-17-5-2-6-18-37)46-23-11-9-20-41(46)44-32-45-50(33-47(44)53)55-49-25-13-22-39(51(45)49)35-26-29-38(30-27-35)54-48-24-12-10-21-42(48)43-31-28-34-14-7-8-19-40(34)52(43)54/h1-33H. The van der Waals surface area contributed by atoms with Gasteiger partial charge in [0.05, 0.1) is 16.4 Å². The molecule has 0 fully saturated rings. The Morgan fingerprint density at radius 2 is 1.07 bits per heavy atom. The van der Waals surface area contributed by atoms with Crippen molar-refractivity contribution in [2.45, 2.75) is 5.41 Å². The summed E-state index contributed by atoms with van der Waals surface area (Å²) in [5, 5.41) is 7.31. The van der Waals surface area contributed by atoms with Gasteiger partial charge in [0.25, 0.3) is 0 Å². The van der Waals surface area contributed by atoms with Gasteiger partial charge in [0.15, 0.2) is 0 Å². The average Bonchev–Trinajstić information content (AvgIpc) is 3.90. The summed E-state index contributed by atoms with van der Waals surface area (Å²) in [5.41, 5.74) is 14.8. The van der Waals surface area contributed by atoms with Crippen LogP contribution in [0.2, 0.25) is 0 Å². The molecule has 2 heterocycles. The molecule has 0 unspecified atom stereocenters. The van der Waals surface area contributed by atoms with E-state index in [4.69, 9.17) is 4.42 Å². The van der Waals surface area contributed by atoms with Crippen LogP contribution in [0.5, 0.6) is 0 Å². The molecule has 0 radical (unpaired) electrons. The Bertz CT molecular complexity index is 3260. The monoisotopic (exact) mass is 699 g/mol. The molecular weight excluding hydrogens is 667 g/mol. The Kier molecular flexibility index (Phi) is 6.29. The second-order valence-electron chi connectivity index (χ2n) is 14.8. The van der Waals surface area contributed by atoms with Gasteiger partial charge in [-0.2, -0.15) is 0 Å². The lowest BCUT2D eigenvalue weighted by Gasteiger charge is -2.33. The quantitative estimate of drug-likeness (QED) is 0.179. The molecule has 9 aromatic carbocycles. The molecule has 0 aliphatic heterocycles. The minimum atomic E-state index is -0.474. The third-order valence-corrected chi connectivity index (χ3v) is 12.1. The van der Waals surface area contributed by atoms with Crippen molar-refractivity contribution in [1.29, 1.82) is 0 Å². The van der Waals surface area contributed by atoms with E-state index in [9.17, 15) is 0 Å². The summed E-state index contributed by atoms with van der Waals surface area (Å²) in [4.78, 5) is 0. The number of hydrogen-bond donors (Lipinski definition) is 0. The van der Waals surface area contributed by atoms with Crippen molar-refractivity contribution in [3.63, 3.8) is 0 Å². The summed E-state index contributed by atoms with van der Waals surface area (Å²) in [7, 11) is 0. The van der Waals surface area contributed by atoms with E-state index in [0.29, 0.717) is 0 Å². The smallest absolute Gasteiger partial charge is 0.136 e. The fourth-order valence-electron chi connectivity index (χ4n) is 9.79. The maximum atomic E-state index is 6.82. The van der Waals surface area contributed by atoms with Crippen molar-refractivity contribution < 1.29 is 4.42 Å². The van der Waals surface area contributed by atoms with E-state index in [1.807, 2.05) is 0 Å². The molecule has 0 atom stereocenters. The lowest BCUT2D eigenvalue weighted by atomic mass is 9.67. The average molecular weight is 700 g/mol. The molecule has 1 aliphatic carbocycles. The summed E-state index contributed by atoms with van der Waals surface area (Å²) >= 11 is 0. The molecule has 0 N–H and O–H groups in total. The topological polar surface area (TPSA) is 18.1 Å². The summed E-state index contributed by atoms with van der Waals surface area (Å²) in [6.45, 7) is 0. The number of furan rings is 1. The highest BCUT2D eigenvalue weighted by atomic mass is 16.3. The molecule has 11 aromatic rings. The van der Waals surface area contributed by atoms with Crippen LogP contribution >= 0.6 is 0 Å². The lowest BCUT2D eigenvalue weighted by molar-refractivity contribution is 0.666. The van der Waals surface area contributed by atoms with Crippen molar-refractivity contribution in [2.75, 3.05) is 0 Å². The van der Waals surface area contributed by atoms with Gasteiger partial charge in [0.1, 0.15) is 11.2 Å². The minimum absolute atomic E-state index is 0.474. The largest absolute Gasteiger partial charge is 0.456 e. The van der Waals surface area contributed by atoms with E-state index >= 15 is 0 Å². The predicted octanol–water partition coefficient (Wildman–Crippen LogP) is 13.9. The molecule has 2 nitrogen and oxygen atoms in total. The number of nitrogens with zero attached hydrogens (tertiary/aromatic N) is 1. The van der Waals surface area contributed by atoms with E-state index in [1.54, 1.807) is 0 Å². The first-order chi connectivity index (χ1) is 27.3. The van der Waals surface area contributed by atoms with Crippen LogP contribution in [0.3, 0.4) is 0 Å². The fraction of sp³-hybridized carbons (Fsp3) is 0.0189. The Balaban J connectivity index is 1.07. The van der Waals surface area contributed by atoms with Crippen LogP contribution in [-0.4, -0.2) is 4.57 Å². The second kappa shape index (κ2) is 11.4. The third-order valence-electron chi connectivity index (χ3n) is 12.1. The minimum Gasteiger partial charge on any atom is -0.456 e. The van der Waals surface area contributed by atoms with Crippen LogP contribution in [0.25, 0.3) is 82.5 Å². The number of fused-ring (bicyclic) bond motifs is 11. The summed E-state index contributed by atoms with van der Waals surface area (Å²) in [5.74, 6) is 0. The molecule has 0 saturated carbocycles. The highest BCUT2D eigenvalue weighted by Gasteiger charge is 2.46. The number of para-hydroxylation sites is 1. The third kappa shape index (κ3) is 4.14. The number of hydrogen-bond acceptors (Lipinski definition) is 1. The molecule has 0 spiro atoms. The van der Waals surface area contributed by atoms with Crippen LogP contribution in [-0.2, 0) is 5.41 Å². The van der Waals surface area contributed by atoms with Crippen molar-refractivity contribution in [3.8, 4) is 27.9 Å². The van der Waals surface area contributed by atoms with E-state index in [2.05, 4.69) is 205 Å². The molecule has 256 valence electrons. The zero-order valence-corrected chi connectivity index (χ0v) is 29.9. The van der Waals surface area contributed by atoms with Crippen LogP contribution in [0, 0.1) is 0 Å². The molecule has 12 rings (SSSR count). The van der Waals surface area contributed by atoms with Crippen molar-refractivity contribution >= 4 is 54.5 Å². The molecule has 2 aromatic heterocycles. The van der Waals surface area contributed by atoms with E-state index in [1.165, 1.54) is 71.5 Å². The van der Waals surface area contributed by atoms with Crippen LogP contribution in [0.4, 0.5) is 0 Å². The first-order valence-electron chi connectivity index (χ1n) is 19.0. The second-order valence-corrected chi connectivity index (χ2v) is 14.8. The van der Waals surface area contributed by atoms with Gasteiger partial charge in [-0.05, 0) is 86.3 Å². The van der Waals surface area contributed by atoms with Crippen molar-refractivity contribution in [1.82, 2.24) is 4.57 Å². The van der Waals surface area contributed by atoms with Gasteiger partial charge in [-0.15, -0.1) is 0 Å².